The van der Waals surface area contributed by atoms with Crippen molar-refractivity contribution in [3.05, 3.63) is 0 Å². The highest BCUT2D eigenvalue weighted by Crippen LogP contribution is 2.38. The molecule has 2 rings (SSSR count). The molecule has 18 heavy (non-hydrogen) atoms. The molecule has 0 aromatic carbocycles. The van der Waals surface area contributed by atoms with Crippen molar-refractivity contribution in [2.75, 3.05) is 13.2 Å². The van der Waals surface area contributed by atoms with E-state index in [1.165, 1.54) is 0 Å². The zero-order valence-corrected chi connectivity index (χ0v) is 10.8. The van der Waals surface area contributed by atoms with Crippen LogP contribution in [0.4, 0.5) is 0 Å². The van der Waals surface area contributed by atoms with Crippen LogP contribution in [0.25, 0.3) is 0 Å². The molecule has 5 unspecified atom stereocenters. The van der Waals surface area contributed by atoms with Gasteiger partial charge in [0.1, 0.15) is 12.7 Å². The molecule has 5 nitrogen and oxygen atoms in total. The lowest BCUT2D eigenvalue weighted by Gasteiger charge is -2.35. The van der Waals surface area contributed by atoms with E-state index in [0.29, 0.717) is 31.3 Å². The summed E-state index contributed by atoms with van der Waals surface area (Å²) in [7, 11) is 0. The van der Waals surface area contributed by atoms with Crippen LogP contribution in [0.2, 0.25) is 0 Å². The van der Waals surface area contributed by atoms with Crippen LogP contribution in [0.1, 0.15) is 26.7 Å². The number of rotatable bonds is 4. The molecule has 1 saturated carbocycles. The highest BCUT2D eigenvalue weighted by Gasteiger charge is 2.42. The molecule has 0 spiro atoms. The van der Waals surface area contributed by atoms with Gasteiger partial charge < -0.3 is 14.6 Å². The fraction of sp³-hybridized carbons (Fsp3) is 0.846. The van der Waals surface area contributed by atoms with Crippen LogP contribution < -0.4 is 0 Å². The number of carboxylic acid groups (broad SMARTS) is 1. The average Bonchev–Trinajstić information content (AvgIpc) is 3.12. The minimum Gasteiger partial charge on any atom is -0.481 e. The maximum absolute atomic E-state index is 12.0. The molecule has 2 fully saturated rings. The Bertz CT molecular complexity index is 336. The minimum atomic E-state index is -0.890. The highest BCUT2D eigenvalue weighted by atomic mass is 16.6. The summed E-state index contributed by atoms with van der Waals surface area (Å²) in [6, 6.07) is 0. The summed E-state index contributed by atoms with van der Waals surface area (Å²) in [5.41, 5.74) is 0. The zero-order chi connectivity index (χ0) is 13.3. The molecule has 0 amide bonds. The minimum absolute atomic E-state index is 0.0252. The van der Waals surface area contributed by atoms with Gasteiger partial charge in [-0.1, -0.05) is 13.8 Å². The van der Waals surface area contributed by atoms with Crippen LogP contribution in [0.3, 0.4) is 0 Å². The molecule has 1 saturated heterocycles. The number of carbonyl (C=O) groups excluding carboxylic acids is 1. The Hall–Kier alpha value is -1.10. The first kappa shape index (κ1) is 13.3. The third kappa shape index (κ3) is 3.02. The highest BCUT2D eigenvalue weighted by molar-refractivity contribution is 5.81. The van der Waals surface area contributed by atoms with Gasteiger partial charge in [0.25, 0.3) is 0 Å². The second-order valence-electron chi connectivity index (χ2n) is 5.56. The van der Waals surface area contributed by atoms with Crippen molar-refractivity contribution >= 4 is 11.9 Å². The topological polar surface area (TPSA) is 76.1 Å². The lowest BCUT2D eigenvalue weighted by molar-refractivity contribution is -0.162. The third-order valence-corrected chi connectivity index (χ3v) is 4.14. The molecule has 1 aliphatic carbocycles. The first-order valence-electron chi connectivity index (χ1n) is 6.50. The zero-order valence-electron chi connectivity index (χ0n) is 10.8. The smallest absolute Gasteiger partial charge is 0.309 e. The Labute approximate surface area is 106 Å². The van der Waals surface area contributed by atoms with Crippen LogP contribution in [-0.2, 0) is 19.1 Å². The lowest BCUT2D eigenvalue weighted by Crippen LogP contribution is -2.39. The summed E-state index contributed by atoms with van der Waals surface area (Å²) in [5, 5.41) is 9.22. The number of ether oxygens (including phenoxy) is 2. The number of aliphatic carboxylic acids is 1. The van der Waals surface area contributed by atoms with E-state index >= 15 is 0 Å². The summed E-state index contributed by atoms with van der Waals surface area (Å²) in [6.45, 7) is 4.99. The van der Waals surface area contributed by atoms with Gasteiger partial charge in [0, 0.05) is 0 Å². The van der Waals surface area contributed by atoms with Gasteiger partial charge in [0.2, 0.25) is 0 Å². The van der Waals surface area contributed by atoms with Crippen molar-refractivity contribution < 1.29 is 24.2 Å². The van der Waals surface area contributed by atoms with E-state index in [0.717, 1.165) is 0 Å². The number of carboxylic acids is 1. The Balaban J connectivity index is 1.96. The second-order valence-corrected chi connectivity index (χ2v) is 5.56. The molecular formula is C13H20O5. The molecule has 1 aliphatic heterocycles. The summed E-state index contributed by atoms with van der Waals surface area (Å²) in [5.74, 6) is -1.69. The molecule has 0 aromatic rings. The summed E-state index contributed by atoms with van der Waals surface area (Å²) in [4.78, 5) is 23.2. The summed E-state index contributed by atoms with van der Waals surface area (Å²) < 4.78 is 10.1. The monoisotopic (exact) mass is 256 g/mol. The molecule has 5 atom stereocenters. The molecule has 2 aliphatic rings. The van der Waals surface area contributed by atoms with Crippen LogP contribution >= 0.6 is 0 Å². The van der Waals surface area contributed by atoms with Gasteiger partial charge in [-0.15, -0.1) is 0 Å². The Morgan fingerprint density at radius 2 is 1.78 bits per heavy atom. The number of esters is 1. The number of hydrogen-bond donors (Lipinski definition) is 1. The largest absolute Gasteiger partial charge is 0.481 e. The van der Waals surface area contributed by atoms with Crippen molar-refractivity contribution in [1.29, 1.82) is 0 Å². The fourth-order valence-electron chi connectivity index (χ4n) is 2.57. The first-order chi connectivity index (χ1) is 8.49. The number of carbonyl (C=O) groups is 2. The fourth-order valence-corrected chi connectivity index (χ4v) is 2.57. The van der Waals surface area contributed by atoms with Crippen molar-refractivity contribution in [2.24, 2.45) is 23.7 Å². The van der Waals surface area contributed by atoms with Crippen LogP contribution in [0.5, 0.6) is 0 Å². The van der Waals surface area contributed by atoms with Crippen molar-refractivity contribution in [3.8, 4) is 0 Å². The second kappa shape index (κ2) is 5.26. The van der Waals surface area contributed by atoms with E-state index in [-0.39, 0.29) is 18.7 Å². The standard InChI is InChI=1S/C13H20O5/c1-7-3-10(12(14)15)11(4-8(7)2)13(16)18-6-9-5-17-9/h7-11H,3-6H2,1-2H3,(H,14,15). The van der Waals surface area contributed by atoms with Gasteiger partial charge in [-0.25, -0.2) is 0 Å². The number of hydrogen-bond acceptors (Lipinski definition) is 4. The predicted octanol–water partition coefficient (Wildman–Crippen LogP) is 1.31. The quantitative estimate of drug-likeness (QED) is 0.606. The average molecular weight is 256 g/mol. The van der Waals surface area contributed by atoms with E-state index in [2.05, 4.69) is 6.92 Å². The van der Waals surface area contributed by atoms with E-state index in [1.54, 1.807) is 0 Å². The van der Waals surface area contributed by atoms with E-state index in [9.17, 15) is 14.7 Å². The van der Waals surface area contributed by atoms with Gasteiger partial charge in [0.15, 0.2) is 0 Å². The van der Waals surface area contributed by atoms with Crippen molar-refractivity contribution in [2.45, 2.75) is 32.8 Å². The third-order valence-electron chi connectivity index (χ3n) is 4.14. The van der Waals surface area contributed by atoms with Crippen LogP contribution in [-0.4, -0.2) is 36.4 Å². The number of epoxide rings is 1. The summed E-state index contributed by atoms with van der Waals surface area (Å²) in [6.07, 6.45) is 1.18. The Morgan fingerprint density at radius 3 is 2.28 bits per heavy atom. The van der Waals surface area contributed by atoms with E-state index < -0.39 is 17.8 Å². The molecule has 1 N–H and O–H groups in total. The molecule has 0 radical (unpaired) electrons. The normalized spacial score (nSPS) is 39.1. The van der Waals surface area contributed by atoms with E-state index in [1.807, 2.05) is 6.92 Å². The molecule has 1 heterocycles. The van der Waals surface area contributed by atoms with Gasteiger partial charge in [-0.05, 0) is 24.7 Å². The predicted molar refractivity (Wildman–Crippen MR) is 62.9 cm³/mol. The first-order valence-corrected chi connectivity index (χ1v) is 6.50. The van der Waals surface area contributed by atoms with Crippen LogP contribution in [0, 0.1) is 23.7 Å². The molecule has 0 aromatic heterocycles. The Kier molecular flexibility index (Phi) is 3.90. The molecule has 102 valence electrons. The van der Waals surface area contributed by atoms with Crippen molar-refractivity contribution in [1.82, 2.24) is 0 Å². The molecular weight excluding hydrogens is 236 g/mol. The SMILES string of the molecule is CC1CC(C(=O)O)C(C(=O)OCC2CO2)CC1C. The maximum Gasteiger partial charge on any atom is 0.309 e. The molecule has 0 bridgehead atoms. The van der Waals surface area contributed by atoms with Gasteiger partial charge in [-0.2, -0.15) is 0 Å². The van der Waals surface area contributed by atoms with Gasteiger partial charge in [0.05, 0.1) is 18.4 Å². The maximum atomic E-state index is 12.0. The van der Waals surface area contributed by atoms with Crippen LogP contribution in [0.15, 0.2) is 0 Å². The van der Waals surface area contributed by atoms with Crippen molar-refractivity contribution in [3.63, 3.8) is 0 Å². The van der Waals surface area contributed by atoms with E-state index in [4.69, 9.17) is 9.47 Å². The molecule has 5 heteroatoms. The van der Waals surface area contributed by atoms with Gasteiger partial charge in [-0.3, -0.25) is 9.59 Å². The van der Waals surface area contributed by atoms with Gasteiger partial charge >= 0.3 is 11.9 Å². The lowest BCUT2D eigenvalue weighted by atomic mass is 9.69. The Morgan fingerprint density at radius 1 is 1.22 bits per heavy atom. The summed E-state index contributed by atoms with van der Waals surface area (Å²) >= 11 is 0.